The van der Waals surface area contributed by atoms with Crippen LogP contribution in [0.1, 0.15) is 30.2 Å². The van der Waals surface area contributed by atoms with Gasteiger partial charge in [-0.15, -0.1) is 35.3 Å². The van der Waals surface area contributed by atoms with Crippen molar-refractivity contribution in [1.82, 2.24) is 15.5 Å². The van der Waals surface area contributed by atoms with Crippen LogP contribution in [0.3, 0.4) is 0 Å². The van der Waals surface area contributed by atoms with Crippen molar-refractivity contribution in [2.75, 3.05) is 26.7 Å². The Balaban J connectivity index is 0.00000261. The van der Waals surface area contributed by atoms with Crippen LogP contribution in [0, 0.1) is 5.92 Å². The summed E-state index contributed by atoms with van der Waals surface area (Å²) >= 11 is 3.63. The first-order valence-corrected chi connectivity index (χ1v) is 11.3. The van der Waals surface area contributed by atoms with Crippen LogP contribution in [0.25, 0.3) is 0 Å². The lowest BCUT2D eigenvalue weighted by Gasteiger charge is -2.33. The monoisotopic (exact) mass is 518 g/mol. The fourth-order valence-corrected chi connectivity index (χ4v) is 4.91. The molecular weight excluding hydrogens is 487 g/mol. The van der Waals surface area contributed by atoms with Crippen molar-refractivity contribution in [3.63, 3.8) is 0 Å². The van der Waals surface area contributed by atoms with Gasteiger partial charge in [0.25, 0.3) is 0 Å². The van der Waals surface area contributed by atoms with Gasteiger partial charge in [0.1, 0.15) is 0 Å². The molecule has 1 aliphatic heterocycles. The van der Waals surface area contributed by atoms with Crippen molar-refractivity contribution >= 4 is 52.6 Å². The molecule has 0 spiro atoms. The van der Waals surface area contributed by atoms with E-state index in [0.717, 1.165) is 38.6 Å². The van der Waals surface area contributed by atoms with Gasteiger partial charge in [0.2, 0.25) is 0 Å². The van der Waals surface area contributed by atoms with Crippen LogP contribution in [0.2, 0.25) is 0 Å². The Bertz CT molecular complexity index is 650. The van der Waals surface area contributed by atoms with Gasteiger partial charge in [-0.1, -0.05) is 13.0 Å². The molecule has 150 valence electrons. The van der Waals surface area contributed by atoms with Crippen molar-refractivity contribution < 1.29 is 0 Å². The van der Waals surface area contributed by atoms with Gasteiger partial charge >= 0.3 is 0 Å². The molecule has 7 heteroatoms. The quantitative estimate of drug-likeness (QED) is 0.324. The Hall–Kier alpha value is -0.640. The van der Waals surface area contributed by atoms with Gasteiger partial charge < -0.3 is 10.6 Å². The minimum atomic E-state index is 0. The van der Waals surface area contributed by atoms with Crippen LogP contribution in [-0.2, 0) is 13.0 Å². The molecule has 0 aliphatic carbocycles. The Labute approximate surface area is 188 Å². The lowest BCUT2D eigenvalue weighted by molar-refractivity contribution is 0.198. The third-order valence-corrected chi connectivity index (χ3v) is 6.52. The van der Waals surface area contributed by atoms with Gasteiger partial charge in [-0.05, 0) is 59.0 Å². The van der Waals surface area contributed by atoms with Gasteiger partial charge in [-0.3, -0.25) is 9.89 Å². The first-order valence-electron chi connectivity index (χ1n) is 9.46. The number of nitrogens with one attached hydrogen (secondary N) is 2. The second-order valence-electron chi connectivity index (χ2n) is 7.17. The van der Waals surface area contributed by atoms with Crippen LogP contribution in [-0.4, -0.2) is 43.6 Å². The third kappa shape index (κ3) is 7.71. The first kappa shape index (κ1) is 22.6. The van der Waals surface area contributed by atoms with E-state index in [0.29, 0.717) is 12.0 Å². The van der Waals surface area contributed by atoms with E-state index in [4.69, 9.17) is 0 Å². The molecular formula is C20H31IN4S2. The molecule has 3 rings (SSSR count). The largest absolute Gasteiger partial charge is 0.356 e. The molecule has 1 unspecified atom stereocenters. The number of hydrogen-bond acceptors (Lipinski definition) is 4. The zero-order chi connectivity index (χ0) is 18.2. The Kier molecular flexibility index (Phi) is 10.1. The van der Waals surface area contributed by atoms with Crippen molar-refractivity contribution in [3.05, 3.63) is 44.8 Å². The number of halogens is 1. The Morgan fingerprint density at radius 3 is 2.74 bits per heavy atom. The molecule has 1 fully saturated rings. The molecule has 2 aromatic rings. The summed E-state index contributed by atoms with van der Waals surface area (Å²) in [5.74, 6) is 1.54. The minimum absolute atomic E-state index is 0. The van der Waals surface area contributed by atoms with Gasteiger partial charge in [0.05, 0.1) is 0 Å². The summed E-state index contributed by atoms with van der Waals surface area (Å²) in [5.41, 5.74) is 1.44. The molecule has 27 heavy (non-hydrogen) atoms. The van der Waals surface area contributed by atoms with Crippen LogP contribution < -0.4 is 10.6 Å². The van der Waals surface area contributed by atoms with E-state index in [1.807, 2.05) is 18.4 Å². The number of aliphatic imine (C=N–C) groups is 1. The second-order valence-corrected chi connectivity index (χ2v) is 8.98. The number of nitrogens with zero attached hydrogens (tertiary/aromatic N) is 2. The maximum absolute atomic E-state index is 4.42. The molecule has 0 aromatic carbocycles. The molecule has 0 amide bonds. The normalized spacial score (nSPS) is 17.3. The number of likely N-dealkylation sites (tertiary alicyclic amines) is 1. The zero-order valence-corrected chi connectivity index (χ0v) is 20.2. The summed E-state index contributed by atoms with van der Waals surface area (Å²) in [4.78, 5) is 8.43. The molecule has 0 saturated carbocycles. The molecule has 4 nitrogen and oxygen atoms in total. The SMILES string of the molecule is CN=C(NCC(C)Cc1cccs1)NC1CCN(Cc2ccsc2)CC1.I. The predicted octanol–water partition coefficient (Wildman–Crippen LogP) is 4.44. The third-order valence-electron chi connectivity index (χ3n) is 4.89. The van der Waals surface area contributed by atoms with Gasteiger partial charge in [-0.2, -0.15) is 11.3 Å². The average molecular weight is 519 g/mol. The lowest BCUT2D eigenvalue weighted by Crippen LogP contribution is -2.49. The highest BCUT2D eigenvalue weighted by Gasteiger charge is 2.20. The van der Waals surface area contributed by atoms with E-state index >= 15 is 0 Å². The summed E-state index contributed by atoms with van der Waals surface area (Å²) in [7, 11) is 1.87. The average Bonchev–Trinajstić information content (AvgIpc) is 3.34. The van der Waals surface area contributed by atoms with Crippen molar-refractivity contribution in [3.8, 4) is 0 Å². The van der Waals surface area contributed by atoms with Crippen molar-refractivity contribution in [2.45, 2.75) is 38.8 Å². The predicted molar refractivity (Wildman–Crippen MR) is 130 cm³/mol. The molecule has 0 radical (unpaired) electrons. The number of rotatable bonds is 7. The summed E-state index contributed by atoms with van der Waals surface area (Å²) in [5, 5.41) is 13.7. The van der Waals surface area contributed by atoms with E-state index in [-0.39, 0.29) is 24.0 Å². The molecule has 3 heterocycles. The Morgan fingerprint density at radius 1 is 1.30 bits per heavy atom. The molecule has 0 bridgehead atoms. The standard InChI is InChI=1S/C20H30N4S2.HI/c1-16(12-19-4-3-10-26-19)13-22-20(21-2)23-18-5-8-24(9-6-18)14-17-7-11-25-15-17;/h3-4,7,10-11,15-16,18H,5-6,8-9,12-14H2,1-2H3,(H2,21,22,23);1H. The molecule has 2 aromatic heterocycles. The van der Waals surface area contributed by atoms with E-state index in [9.17, 15) is 0 Å². The fourth-order valence-electron chi connectivity index (χ4n) is 3.38. The highest BCUT2D eigenvalue weighted by molar-refractivity contribution is 14.0. The number of piperidine rings is 1. The number of thiophene rings is 2. The maximum Gasteiger partial charge on any atom is 0.191 e. The number of hydrogen-bond donors (Lipinski definition) is 2. The van der Waals surface area contributed by atoms with Gasteiger partial charge in [0, 0.05) is 44.1 Å². The van der Waals surface area contributed by atoms with E-state index in [1.165, 1.54) is 23.3 Å². The first-order chi connectivity index (χ1) is 12.7. The highest BCUT2D eigenvalue weighted by atomic mass is 127. The Morgan fingerprint density at radius 2 is 2.11 bits per heavy atom. The second kappa shape index (κ2) is 12.0. The van der Waals surface area contributed by atoms with E-state index < -0.39 is 0 Å². The number of guanidine groups is 1. The summed E-state index contributed by atoms with van der Waals surface area (Å²) in [6.07, 6.45) is 3.48. The summed E-state index contributed by atoms with van der Waals surface area (Å²) in [6.45, 7) is 6.64. The molecule has 1 saturated heterocycles. The van der Waals surface area contributed by atoms with Crippen LogP contribution in [0.5, 0.6) is 0 Å². The molecule has 1 atom stereocenters. The lowest BCUT2D eigenvalue weighted by atomic mass is 10.0. The van der Waals surface area contributed by atoms with E-state index in [2.05, 4.69) is 61.8 Å². The van der Waals surface area contributed by atoms with Gasteiger partial charge in [0.15, 0.2) is 5.96 Å². The van der Waals surface area contributed by atoms with Crippen LogP contribution >= 0.6 is 46.7 Å². The van der Waals surface area contributed by atoms with Crippen molar-refractivity contribution in [2.24, 2.45) is 10.9 Å². The molecule has 2 N–H and O–H groups in total. The fraction of sp³-hybridized carbons (Fsp3) is 0.550. The topological polar surface area (TPSA) is 39.7 Å². The molecule has 1 aliphatic rings. The van der Waals surface area contributed by atoms with Crippen LogP contribution in [0.15, 0.2) is 39.3 Å². The van der Waals surface area contributed by atoms with E-state index in [1.54, 1.807) is 11.3 Å². The smallest absolute Gasteiger partial charge is 0.191 e. The van der Waals surface area contributed by atoms with Crippen molar-refractivity contribution in [1.29, 1.82) is 0 Å². The summed E-state index contributed by atoms with van der Waals surface area (Å²) < 4.78 is 0. The minimum Gasteiger partial charge on any atom is -0.356 e. The van der Waals surface area contributed by atoms with Gasteiger partial charge in [-0.25, -0.2) is 0 Å². The maximum atomic E-state index is 4.42. The zero-order valence-electron chi connectivity index (χ0n) is 16.2. The highest BCUT2D eigenvalue weighted by Crippen LogP contribution is 2.16. The van der Waals surface area contributed by atoms with Crippen LogP contribution in [0.4, 0.5) is 0 Å². The summed E-state index contributed by atoms with van der Waals surface area (Å²) in [6, 6.07) is 7.11.